The Morgan fingerprint density at radius 3 is 2.77 bits per heavy atom. The highest BCUT2D eigenvalue weighted by Crippen LogP contribution is 2.51. The average molecular weight is 475 g/mol. The predicted octanol–water partition coefficient (Wildman–Crippen LogP) is 3.57. The van der Waals surface area contributed by atoms with Crippen LogP contribution in [0.5, 0.6) is 0 Å². The van der Waals surface area contributed by atoms with Crippen molar-refractivity contribution in [1.29, 1.82) is 0 Å². The lowest BCUT2D eigenvalue weighted by Crippen LogP contribution is -2.62. The third kappa shape index (κ3) is 5.31. The lowest BCUT2D eigenvalue weighted by molar-refractivity contribution is -0.137. The molecule has 1 spiro atoms. The van der Waals surface area contributed by atoms with Gasteiger partial charge in [0, 0.05) is 55.0 Å². The van der Waals surface area contributed by atoms with Crippen molar-refractivity contribution in [3.63, 3.8) is 0 Å². The highest BCUT2D eigenvalue weighted by Gasteiger charge is 2.51. The van der Waals surface area contributed by atoms with E-state index in [1.807, 2.05) is 41.1 Å². The first kappa shape index (κ1) is 23.3. The molecule has 0 unspecified atom stereocenters. The summed E-state index contributed by atoms with van der Waals surface area (Å²) in [5, 5.41) is 22.7. The molecule has 2 aliphatic rings. The van der Waals surface area contributed by atoms with Crippen LogP contribution < -0.4 is 0 Å². The lowest BCUT2D eigenvalue weighted by Gasteiger charge is -2.58. The van der Waals surface area contributed by atoms with Crippen LogP contribution in [0.2, 0.25) is 0 Å². The second kappa shape index (κ2) is 9.68. The molecule has 8 nitrogen and oxygen atoms in total. The molecule has 1 saturated heterocycles. The monoisotopic (exact) mass is 474 g/mol. The Morgan fingerprint density at radius 1 is 1.29 bits per heavy atom. The van der Waals surface area contributed by atoms with E-state index >= 15 is 0 Å². The van der Waals surface area contributed by atoms with Crippen LogP contribution in [-0.4, -0.2) is 55.4 Å². The summed E-state index contributed by atoms with van der Waals surface area (Å²) in [6.07, 6.45) is 6.10. The Labute approximate surface area is 204 Å². The van der Waals surface area contributed by atoms with Crippen LogP contribution in [0.4, 0.5) is 0 Å². The van der Waals surface area contributed by atoms with E-state index in [9.17, 15) is 9.90 Å². The van der Waals surface area contributed by atoms with E-state index in [1.165, 1.54) is 0 Å². The molecule has 35 heavy (non-hydrogen) atoms. The van der Waals surface area contributed by atoms with E-state index < -0.39 is 12.1 Å². The Kier molecular flexibility index (Phi) is 6.46. The van der Waals surface area contributed by atoms with Crippen LogP contribution in [0, 0.1) is 23.2 Å². The van der Waals surface area contributed by atoms with Crippen molar-refractivity contribution >= 4 is 5.97 Å². The van der Waals surface area contributed by atoms with Gasteiger partial charge in [-0.2, -0.15) is 0 Å². The summed E-state index contributed by atoms with van der Waals surface area (Å²) >= 11 is 0. The fourth-order valence-electron chi connectivity index (χ4n) is 5.28. The number of carboxylic acid groups (broad SMARTS) is 1. The number of hydrogen-bond donors (Lipinski definition) is 2. The molecule has 1 atom stereocenters. The number of rotatable bonds is 8. The predicted molar refractivity (Wildman–Crippen MR) is 129 cm³/mol. The Balaban J connectivity index is 1.11. The summed E-state index contributed by atoms with van der Waals surface area (Å²) < 4.78 is 7.39. The minimum Gasteiger partial charge on any atom is -0.481 e. The number of aliphatic hydroxyl groups is 1. The molecule has 0 radical (unpaired) electrons. The summed E-state index contributed by atoms with van der Waals surface area (Å²) in [6.45, 7) is 5.22. The van der Waals surface area contributed by atoms with Crippen molar-refractivity contribution in [2.24, 2.45) is 11.3 Å². The number of benzene rings is 1. The maximum atomic E-state index is 10.6. The zero-order valence-electron chi connectivity index (χ0n) is 19.9. The van der Waals surface area contributed by atoms with Crippen molar-refractivity contribution in [2.45, 2.75) is 45.3 Å². The third-order valence-electron chi connectivity index (χ3n) is 6.94. The van der Waals surface area contributed by atoms with E-state index in [0.717, 1.165) is 55.7 Å². The van der Waals surface area contributed by atoms with E-state index in [1.54, 1.807) is 13.1 Å². The fourth-order valence-corrected chi connectivity index (χ4v) is 5.28. The van der Waals surface area contributed by atoms with Crippen LogP contribution in [-0.2, 0) is 11.3 Å². The van der Waals surface area contributed by atoms with Crippen molar-refractivity contribution in [1.82, 2.24) is 19.6 Å². The maximum Gasteiger partial charge on any atom is 0.303 e. The number of imidazole rings is 1. The molecule has 8 heteroatoms. The minimum absolute atomic E-state index is 0.254. The second-order valence-electron chi connectivity index (χ2n) is 9.93. The molecule has 1 aromatic carbocycles. The van der Waals surface area contributed by atoms with Crippen molar-refractivity contribution in [3.8, 4) is 23.2 Å². The number of aliphatic carboxylic acids is 1. The summed E-state index contributed by atoms with van der Waals surface area (Å²) in [4.78, 5) is 17.2. The maximum absolute atomic E-state index is 10.6. The summed E-state index contributed by atoms with van der Waals surface area (Å²) in [5.74, 6) is 7.76. The molecule has 0 bridgehead atoms. The largest absolute Gasteiger partial charge is 0.481 e. The van der Waals surface area contributed by atoms with Gasteiger partial charge in [-0.1, -0.05) is 17.0 Å². The first-order valence-electron chi connectivity index (χ1n) is 12.1. The normalized spacial score (nSPS) is 17.9. The molecule has 1 aliphatic heterocycles. The molecule has 2 N–H and O–H groups in total. The number of hydrogen-bond acceptors (Lipinski definition) is 6. The number of nitrogens with zero attached hydrogens (tertiary/aromatic N) is 4. The second-order valence-corrected chi connectivity index (χ2v) is 9.93. The van der Waals surface area contributed by atoms with Crippen LogP contribution in [0.25, 0.3) is 11.3 Å². The zero-order chi connectivity index (χ0) is 24.4. The average Bonchev–Trinajstić information content (AvgIpc) is 3.43. The van der Waals surface area contributed by atoms with Crippen LogP contribution in [0.3, 0.4) is 0 Å². The Hall–Kier alpha value is -3.41. The Morgan fingerprint density at radius 2 is 2.06 bits per heavy atom. The van der Waals surface area contributed by atoms with Gasteiger partial charge in [-0.25, -0.2) is 4.98 Å². The number of carboxylic acids is 1. The van der Waals surface area contributed by atoms with Crippen molar-refractivity contribution in [3.05, 3.63) is 59.8 Å². The summed E-state index contributed by atoms with van der Waals surface area (Å²) in [6, 6.07) is 9.91. The van der Waals surface area contributed by atoms with Gasteiger partial charge in [0.05, 0.1) is 6.54 Å². The molecule has 0 amide bonds. The topological polar surface area (TPSA) is 105 Å². The lowest BCUT2D eigenvalue weighted by atomic mass is 9.58. The number of aliphatic hydroxyl groups excluding tert-OH is 1. The standard InChI is InChI=1S/C27H30N4O4/c1-19(32)26-28-10-12-31(26)16-23-13-24(35-29-23)22-8-6-20(7-9-22)4-5-21-14-27(15-21)17-30(18-27)11-2-3-25(33)34/h6-10,12-13,19,21,32H,2-3,11,14-18H2,1H3,(H,33,34)/t19-/m0/s1. The SMILES string of the molecule is C[C@H](O)c1nccn1Cc1cc(-c2ccc(C#CC3CC4(C3)CN(CCCC(=O)O)C4)cc2)on1. The molecule has 2 aromatic heterocycles. The van der Waals surface area contributed by atoms with Gasteiger partial charge in [-0.3, -0.25) is 4.79 Å². The molecule has 3 heterocycles. The first-order valence-corrected chi connectivity index (χ1v) is 12.1. The fraction of sp³-hybridized carbons (Fsp3) is 0.444. The Bertz CT molecular complexity index is 1230. The quantitative estimate of drug-likeness (QED) is 0.481. The molecule has 182 valence electrons. The van der Waals surface area contributed by atoms with Crippen LogP contribution in [0.1, 0.15) is 55.8 Å². The summed E-state index contributed by atoms with van der Waals surface area (Å²) in [5.41, 5.74) is 3.11. The zero-order valence-corrected chi connectivity index (χ0v) is 19.9. The minimum atomic E-state index is -0.713. The molecular weight excluding hydrogens is 444 g/mol. The molecule has 2 fully saturated rings. The summed E-state index contributed by atoms with van der Waals surface area (Å²) in [7, 11) is 0. The van der Waals surface area contributed by atoms with Crippen LogP contribution in [0.15, 0.2) is 47.2 Å². The van der Waals surface area contributed by atoms with Gasteiger partial charge < -0.3 is 24.2 Å². The third-order valence-corrected chi connectivity index (χ3v) is 6.94. The first-order chi connectivity index (χ1) is 16.9. The van der Waals surface area contributed by atoms with Gasteiger partial charge in [0.1, 0.15) is 17.6 Å². The molecule has 3 aromatic rings. The van der Waals surface area contributed by atoms with Gasteiger partial charge in [0.15, 0.2) is 5.76 Å². The van der Waals surface area contributed by atoms with E-state index in [4.69, 9.17) is 9.63 Å². The molecule has 5 rings (SSSR count). The van der Waals surface area contributed by atoms with Gasteiger partial charge in [0.2, 0.25) is 0 Å². The molecule has 1 saturated carbocycles. The molecule has 1 aliphatic carbocycles. The number of carbonyl (C=O) groups is 1. The smallest absolute Gasteiger partial charge is 0.303 e. The van der Waals surface area contributed by atoms with Crippen molar-refractivity contribution < 1.29 is 19.5 Å². The number of aromatic nitrogens is 3. The highest BCUT2D eigenvalue weighted by molar-refractivity contribution is 5.66. The number of likely N-dealkylation sites (tertiary alicyclic amines) is 1. The van der Waals surface area contributed by atoms with Gasteiger partial charge in [0.25, 0.3) is 0 Å². The van der Waals surface area contributed by atoms with E-state index in [2.05, 4.69) is 26.9 Å². The van der Waals surface area contributed by atoms with Gasteiger partial charge in [-0.15, -0.1) is 0 Å². The van der Waals surface area contributed by atoms with Crippen LogP contribution >= 0.6 is 0 Å². The molecular formula is C27H30N4O4. The highest BCUT2D eigenvalue weighted by atomic mass is 16.5. The van der Waals surface area contributed by atoms with Gasteiger partial charge >= 0.3 is 5.97 Å². The van der Waals surface area contributed by atoms with E-state index in [0.29, 0.717) is 29.5 Å². The van der Waals surface area contributed by atoms with Gasteiger partial charge in [-0.05, 0) is 62.4 Å². The van der Waals surface area contributed by atoms with E-state index in [-0.39, 0.29) is 6.42 Å². The van der Waals surface area contributed by atoms with Crippen molar-refractivity contribution in [2.75, 3.05) is 19.6 Å².